The Labute approximate surface area is 116 Å². The molecule has 2 rings (SSSR count). The molecule has 2 unspecified atom stereocenters. The van der Waals surface area contributed by atoms with Gasteiger partial charge < -0.3 is 14.8 Å². The van der Waals surface area contributed by atoms with Crippen molar-refractivity contribution in [1.82, 2.24) is 5.32 Å². The van der Waals surface area contributed by atoms with Crippen molar-refractivity contribution in [3.05, 3.63) is 23.8 Å². The fourth-order valence-corrected chi connectivity index (χ4v) is 2.90. The van der Waals surface area contributed by atoms with E-state index in [4.69, 9.17) is 9.47 Å². The normalized spacial score (nSPS) is 21.8. The second-order valence-corrected chi connectivity index (χ2v) is 5.22. The molecule has 1 aromatic carbocycles. The Kier molecular flexibility index (Phi) is 5.08. The van der Waals surface area contributed by atoms with Gasteiger partial charge in [-0.3, -0.25) is 0 Å². The van der Waals surface area contributed by atoms with Gasteiger partial charge in [0.05, 0.1) is 14.2 Å². The van der Waals surface area contributed by atoms with Crippen molar-refractivity contribution in [3.8, 4) is 11.5 Å². The van der Waals surface area contributed by atoms with Crippen LogP contribution >= 0.6 is 0 Å². The van der Waals surface area contributed by atoms with Gasteiger partial charge in [-0.25, -0.2) is 0 Å². The molecule has 1 saturated carbocycles. The number of ether oxygens (including phenoxy) is 2. The molecule has 0 radical (unpaired) electrons. The van der Waals surface area contributed by atoms with Crippen molar-refractivity contribution in [3.63, 3.8) is 0 Å². The lowest BCUT2D eigenvalue weighted by molar-refractivity contribution is 0.233. The average molecular weight is 263 g/mol. The zero-order valence-electron chi connectivity index (χ0n) is 12.2. The highest BCUT2D eigenvalue weighted by molar-refractivity contribution is 5.48. The number of hydrogen-bond acceptors (Lipinski definition) is 3. The third kappa shape index (κ3) is 3.03. The fraction of sp³-hybridized carbons (Fsp3) is 0.625. The largest absolute Gasteiger partial charge is 0.496 e. The molecule has 0 heterocycles. The van der Waals surface area contributed by atoms with Gasteiger partial charge in [0.25, 0.3) is 0 Å². The van der Waals surface area contributed by atoms with Crippen molar-refractivity contribution in [1.29, 1.82) is 0 Å². The van der Waals surface area contributed by atoms with Crippen molar-refractivity contribution >= 4 is 0 Å². The zero-order valence-corrected chi connectivity index (χ0v) is 12.2. The van der Waals surface area contributed by atoms with Crippen LogP contribution in [0.15, 0.2) is 18.2 Å². The molecule has 1 N–H and O–H groups in total. The predicted octanol–water partition coefficient (Wildman–Crippen LogP) is 3.20. The van der Waals surface area contributed by atoms with E-state index < -0.39 is 0 Å². The molecule has 0 spiro atoms. The summed E-state index contributed by atoms with van der Waals surface area (Å²) in [7, 11) is 3.47. The number of rotatable bonds is 7. The predicted molar refractivity (Wildman–Crippen MR) is 78.2 cm³/mol. The van der Waals surface area contributed by atoms with Crippen molar-refractivity contribution in [2.24, 2.45) is 5.92 Å². The van der Waals surface area contributed by atoms with Gasteiger partial charge >= 0.3 is 0 Å². The molecule has 3 heteroatoms. The monoisotopic (exact) mass is 263 g/mol. The maximum atomic E-state index is 5.52. The highest BCUT2D eigenvalue weighted by Gasteiger charge is 2.35. The van der Waals surface area contributed by atoms with Crippen molar-refractivity contribution in [2.45, 2.75) is 32.1 Å². The van der Waals surface area contributed by atoms with Gasteiger partial charge in [0, 0.05) is 5.56 Å². The Morgan fingerprint density at radius 3 is 2.32 bits per heavy atom. The first-order valence-corrected chi connectivity index (χ1v) is 7.23. The SMILES string of the molecule is CCCNCC1CCC1c1c(OC)cccc1OC. The molecule has 0 amide bonds. The molecule has 0 aliphatic heterocycles. The van der Waals surface area contributed by atoms with E-state index in [0.717, 1.165) is 24.6 Å². The van der Waals surface area contributed by atoms with Crippen LogP contribution < -0.4 is 14.8 Å². The number of methoxy groups -OCH3 is 2. The number of benzene rings is 1. The van der Waals surface area contributed by atoms with Crippen LogP contribution in [0.4, 0.5) is 0 Å². The molecule has 19 heavy (non-hydrogen) atoms. The first-order chi connectivity index (χ1) is 9.31. The Morgan fingerprint density at radius 2 is 1.84 bits per heavy atom. The fourth-order valence-electron chi connectivity index (χ4n) is 2.90. The van der Waals surface area contributed by atoms with Crippen LogP contribution in [-0.2, 0) is 0 Å². The lowest BCUT2D eigenvalue weighted by Gasteiger charge is -2.38. The summed E-state index contributed by atoms with van der Waals surface area (Å²) in [4.78, 5) is 0. The Balaban J connectivity index is 2.12. The van der Waals surface area contributed by atoms with Crippen LogP contribution in [0, 0.1) is 5.92 Å². The van der Waals surface area contributed by atoms with Gasteiger partial charge in [0.1, 0.15) is 11.5 Å². The average Bonchev–Trinajstić information content (AvgIpc) is 2.42. The minimum atomic E-state index is 0.565. The van der Waals surface area contributed by atoms with Crippen LogP contribution in [0.3, 0.4) is 0 Å². The molecule has 1 aliphatic rings. The van der Waals surface area contributed by atoms with Gasteiger partial charge in [-0.15, -0.1) is 0 Å². The van der Waals surface area contributed by atoms with E-state index in [2.05, 4.69) is 12.2 Å². The molecule has 1 aliphatic carbocycles. The second kappa shape index (κ2) is 6.80. The highest BCUT2D eigenvalue weighted by Crippen LogP contribution is 2.48. The van der Waals surface area contributed by atoms with E-state index in [1.807, 2.05) is 18.2 Å². The summed E-state index contributed by atoms with van der Waals surface area (Å²) in [5, 5.41) is 3.53. The molecule has 2 atom stereocenters. The summed E-state index contributed by atoms with van der Waals surface area (Å²) in [6.45, 7) is 4.40. The molecule has 1 fully saturated rings. The van der Waals surface area contributed by atoms with E-state index >= 15 is 0 Å². The summed E-state index contributed by atoms with van der Waals surface area (Å²) >= 11 is 0. The van der Waals surface area contributed by atoms with E-state index in [1.165, 1.54) is 24.8 Å². The third-order valence-corrected chi connectivity index (χ3v) is 4.09. The molecule has 0 bridgehead atoms. The van der Waals surface area contributed by atoms with Crippen LogP contribution in [-0.4, -0.2) is 27.3 Å². The van der Waals surface area contributed by atoms with E-state index in [0.29, 0.717) is 11.8 Å². The first kappa shape index (κ1) is 14.2. The van der Waals surface area contributed by atoms with Crippen LogP contribution in [0.5, 0.6) is 11.5 Å². The van der Waals surface area contributed by atoms with Gasteiger partial charge in [-0.2, -0.15) is 0 Å². The van der Waals surface area contributed by atoms with Gasteiger partial charge in [0.2, 0.25) is 0 Å². The van der Waals surface area contributed by atoms with Gasteiger partial charge in [0.15, 0.2) is 0 Å². The van der Waals surface area contributed by atoms with E-state index in [9.17, 15) is 0 Å². The lowest BCUT2D eigenvalue weighted by Crippen LogP contribution is -2.34. The Bertz CT molecular complexity index is 383. The molecular weight excluding hydrogens is 238 g/mol. The second-order valence-electron chi connectivity index (χ2n) is 5.22. The van der Waals surface area contributed by atoms with Crippen molar-refractivity contribution < 1.29 is 9.47 Å². The van der Waals surface area contributed by atoms with E-state index in [-0.39, 0.29) is 0 Å². The first-order valence-electron chi connectivity index (χ1n) is 7.23. The van der Waals surface area contributed by atoms with E-state index in [1.54, 1.807) is 14.2 Å². The molecule has 0 aromatic heterocycles. The standard InChI is InChI=1S/C16H25NO2/c1-4-10-17-11-12-8-9-13(12)16-14(18-2)6-5-7-15(16)19-3/h5-7,12-13,17H,4,8-11H2,1-3H3. The minimum absolute atomic E-state index is 0.565. The molecular formula is C16H25NO2. The van der Waals surface area contributed by atoms with Crippen LogP contribution in [0.2, 0.25) is 0 Å². The zero-order chi connectivity index (χ0) is 13.7. The smallest absolute Gasteiger partial charge is 0.126 e. The van der Waals surface area contributed by atoms with Crippen molar-refractivity contribution in [2.75, 3.05) is 27.3 Å². The lowest BCUT2D eigenvalue weighted by atomic mass is 9.69. The summed E-state index contributed by atoms with van der Waals surface area (Å²) in [6, 6.07) is 6.06. The van der Waals surface area contributed by atoms with Crippen LogP contribution in [0.25, 0.3) is 0 Å². The quantitative estimate of drug-likeness (QED) is 0.766. The van der Waals surface area contributed by atoms with Gasteiger partial charge in [-0.1, -0.05) is 13.0 Å². The summed E-state index contributed by atoms with van der Waals surface area (Å²) in [5.41, 5.74) is 1.25. The van der Waals surface area contributed by atoms with Gasteiger partial charge in [-0.05, 0) is 56.3 Å². The number of nitrogens with one attached hydrogen (secondary N) is 1. The highest BCUT2D eigenvalue weighted by atomic mass is 16.5. The Morgan fingerprint density at radius 1 is 1.16 bits per heavy atom. The maximum absolute atomic E-state index is 5.52. The maximum Gasteiger partial charge on any atom is 0.126 e. The molecule has 0 saturated heterocycles. The Hall–Kier alpha value is -1.22. The summed E-state index contributed by atoms with van der Waals surface area (Å²) < 4.78 is 11.0. The summed E-state index contributed by atoms with van der Waals surface area (Å²) in [6.07, 6.45) is 3.72. The topological polar surface area (TPSA) is 30.5 Å². The summed E-state index contributed by atoms with van der Waals surface area (Å²) in [5.74, 6) is 3.20. The molecule has 3 nitrogen and oxygen atoms in total. The minimum Gasteiger partial charge on any atom is -0.496 e. The molecule has 1 aromatic rings. The third-order valence-electron chi connectivity index (χ3n) is 4.09. The molecule has 106 valence electrons. The number of hydrogen-bond donors (Lipinski definition) is 1. The van der Waals surface area contributed by atoms with Crippen LogP contribution in [0.1, 0.15) is 37.7 Å².